The minimum Gasteiger partial charge on any atom is -0.305 e. The van der Waals surface area contributed by atoms with Crippen molar-refractivity contribution in [3.05, 3.63) is 122 Å². The lowest BCUT2D eigenvalue weighted by Gasteiger charge is -2.32. The van der Waals surface area contributed by atoms with Gasteiger partial charge in [0.15, 0.2) is 0 Å². The summed E-state index contributed by atoms with van der Waals surface area (Å²) in [5.74, 6) is 0.680. The van der Waals surface area contributed by atoms with E-state index in [2.05, 4.69) is 100 Å². The largest absolute Gasteiger partial charge is 0.305 e. The lowest BCUT2D eigenvalue weighted by Crippen LogP contribution is -2.15. The van der Waals surface area contributed by atoms with Crippen LogP contribution in [-0.4, -0.2) is 14.4 Å². The zero-order chi connectivity index (χ0) is 23.2. The van der Waals surface area contributed by atoms with Gasteiger partial charge in [-0.1, -0.05) is 96.7 Å². The fourth-order valence-electron chi connectivity index (χ4n) is 4.69. The van der Waals surface area contributed by atoms with Gasteiger partial charge in [-0.2, -0.15) is 0 Å². The van der Waals surface area contributed by atoms with Crippen LogP contribution in [0.4, 0.5) is 17.1 Å². The first-order valence-corrected chi connectivity index (χ1v) is 12.3. The van der Waals surface area contributed by atoms with Gasteiger partial charge in [0, 0.05) is 27.1 Å². The number of rotatable bonds is 3. The predicted molar refractivity (Wildman–Crippen MR) is 143 cm³/mol. The summed E-state index contributed by atoms with van der Waals surface area (Å²) in [5, 5.41) is 0. The Hall–Kier alpha value is -4.35. The Bertz CT molecular complexity index is 1630. The van der Waals surface area contributed by atoms with Crippen molar-refractivity contribution in [2.45, 2.75) is 9.79 Å². The summed E-state index contributed by atoms with van der Waals surface area (Å²) >= 11 is 1.80. The second-order valence-electron chi connectivity index (χ2n) is 8.40. The fourth-order valence-corrected chi connectivity index (χ4v) is 5.75. The molecule has 0 unspecified atom stereocenters. The van der Waals surface area contributed by atoms with E-state index in [4.69, 9.17) is 9.97 Å². The summed E-state index contributed by atoms with van der Waals surface area (Å²) in [6.45, 7) is 0. The standard InChI is InChI=1S/C30H20N4S/c1-3-11-21(12-4-1)28-29(22-13-5-2-6-14-22)33-20-23(19-31-30(33)32-28)34-24-15-7-9-17-26(24)35-27-18-10-8-16-25(27)34/h1-20H. The van der Waals surface area contributed by atoms with Gasteiger partial charge in [-0.05, 0) is 24.3 Å². The molecule has 0 N–H and O–H groups in total. The molecule has 1 aliphatic rings. The van der Waals surface area contributed by atoms with E-state index in [9.17, 15) is 0 Å². The SMILES string of the molecule is c1ccc(-c2nc3ncc(N4c5ccccc5Sc5ccccc54)cn3c2-c2ccccc2)cc1. The molecule has 4 nitrogen and oxygen atoms in total. The van der Waals surface area contributed by atoms with Gasteiger partial charge in [0.2, 0.25) is 5.78 Å². The molecule has 0 atom stereocenters. The van der Waals surface area contributed by atoms with Gasteiger partial charge in [0.05, 0.1) is 34.6 Å². The Balaban J connectivity index is 1.49. The zero-order valence-electron chi connectivity index (χ0n) is 18.7. The monoisotopic (exact) mass is 468 g/mol. The first-order chi connectivity index (χ1) is 17.4. The number of hydrogen-bond donors (Lipinski definition) is 0. The molecule has 4 aromatic carbocycles. The third kappa shape index (κ3) is 3.32. The van der Waals surface area contributed by atoms with Crippen molar-refractivity contribution in [2.75, 3.05) is 4.90 Å². The third-order valence-electron chi connectivity index (χ3n) is 6.25. The average molecular weight is 469 g/mol. The molecule has 166 valence electrons. The van der Waals surface area contributed by atoms with E-state index in [1.807, 2.05) is 30.5 Å². The van der Waals surface area contributed by atoms with Crippen molar-refractivity contribution in [3.8, 4) is 22.5 Å². The molecule has 1 aliphatic heterocycles. The van der Waals surface area contributed by atoms with E-state index in [-0.39, 0.29) is 0 Å². The van der Waals surface area contributed by atoms with Crippen LogP contribution in [0.3, 0.4) is 0 Å². The van der Waals surface area contributed by atoms with Crippen molar-refractivity contribution in [3.63, 3.8) is 0 Å². The van der Waals surface area contributed by atoms with E-state index < -0.39 is 0 Å². The number of fused-ring (bicyclic) bond motifs is 3. The summed E-state index contributed by atoms with van der Waals surface area (Å²) in [7, 11) is 0. The molecule has 35 heavy (non-hydrogen) atoms. The molecule has 0 saturated carbocycles. The number of imidazole rings is 1. The maximum atomic E-state index is 4.96. The van der Waals surface area contributed by atoms with E-state index in [0.29, 0.717) is 5.78 Å². The van der Waals surface area contributed by atoms with Crippen LogP contribution < -0.4 is 4.90 Å². The molecule has 0 aliphatic carbocycles. The minimum atomic E-state index is 0.680. The fraction of sp³-hybridized carbons (Fsp3) is 0. The molecule has 0 spiro atoms. The molecular weight excluding hydrogens is 448 g/mol. The summed E-state index contributed by atoms with van der Waals surface area (Å²) in [6.07, 6.45) is 4.09. The summed E-state index contributed by atoms with van der Waals surface area (Å²) < 4.78 is 2.12. The van der Waals surface area contributed by atoms with Crippen molar-refractivity contribution in [1.29, 1.82) is 0 Å². The summed E-state index contributed by atoms with van der Waals surface area (Å²) in [5.41, 5.74) is 7.44. The molecule has 0 bridgehead atoms. The Morgan fingerprint density at radius 1 is 0.600 bits per heavy atom. The molecule has 5 heteroatoms. The van der Waals surface area contributed by atoms with E-state index in [1.165, 1.54) is 9.79 Å². The number of nitrogens with zero attached hydrogens (tertiary/aromatic N) is 4. The molecule has 7 rings (SSSR count). The highest BCUT2D eigenvalue weighted by Gasteiger charge is 2.26. The molecule has 6 aromatic rings. The molecular formula is C30H20N4S. The first kappa shape index (κ1) is 20.1. The zero-order valence-corrected chi connectivity index (χ0v) is 19.6. The quantitative estimate of drug-likeness (QED) is 0.263. The normalized spacial score (nSPS) is 12.4. The number of benzene rings is 4. The second-order valence-corrected chi connectivity index (χ2v) is 9.48. The van der Waals surface area contributed by atoms with Gasteiger partial charge in [-0.15, -0.1) is 0 Å². The molecule has 3 heterocycles. The van der Waals surface area contributed by atoms with Crippen LogP contribution in [0.1, 0.15) is 0 Å². The Labute approximate surface area is 207 Å². The molecule has 0 saturated heterocycles. The van der Waals surface area contributed by atoms with Crippen LogP contribution >= 0.6 is 11.8 Å². The van der Waals surface area contributed by atoms with Gasteiger partial charge < -0.3 is 4.90 Å². The molecule has 0 fully saturated rings. The highest BCUT2D eigenvalue weighted by molar-refractivity contribution is 7.99. The van der Waals surface area contributed by atoms with E-state index in [1.54, 1.807) is 11.8 Å². The lowest BCUT2D eigenvalue weighted by molar-refractivity contribution is 1.07. The topological polar surface area (TPSA) is 33.4 Å². The van der Waals surface area contributed by atoms with Crippen LogP contribution in [0.2, 0.25) is 0 Å². The molecule has 2 aromatic heterocycles. The molecule has 0 amide bonds. The van der Waals surface area contributed by atoms with Gasteiger partial charge in [-0.25, -0.2) is 9.97 Å². The predicted octanol–water partition coefficient (Wildman–Crippen LogP) is 8.00. The van der Waals surface area contributed by atoms with Crippen LogP contribution in [0.25, 0.3) is 28.3 Å². The number of para-hydroxylation sites is 2. The Morgan fingerprint density at radius 3 is 1.83 bits per heavy atom. The highest BCUT2D eigenvalue weighted by Crippen LogP contribution is 2.51. The van der Waals surface area contributed by atoms with Gasteiger partial charge in [0.1, 0.15) is 0 Å². The summed E-state index contributed by atoms with van der Waals surface area (Å²) in [4.78, 5) is 14.6. The van der Waals surface area contributed by atoms with Gasteiger partial charge in [-0.3, -0.25) is 4.40 Å². The lowest BCUT2D eigenvalue weighted by atomic mass is 10.1. The number of hydrogen-bond acceptors (Lipinski definition) is 4. The smallest absolute Gasteiger partial charge is 0.234 e. The van der Waals surface area contributed by atoms with Gasteiger partial charge in [0.25, 0.3) is 0 Å². The number of aromatic nitrogens is 3. The Morgan fingerprint density at radius 2 is 1.17 bits per heavy atom. The Kier molecular flexibility index (Phi) is 4.67. The maximum absolute atomic E-state index is 4.96. The van der Waals surface area contributed by atoms with Crippen LogP contribution in [0, 0.1) is 0 Å². The highest BCUT2D eigenvalue weighted by atomic mass is 32.2. The van der Waals surface area contributed by atoms with Crippen molar-refractivity contribution in [2.24, 2.45) is 0 Å². The van der Waals surface area contributed by atoms with Crippen LogP contribution in [0.15, 0.2) is 131 Å². The van der Waals surface area contributed by atoms with Crippen LogP contribution in [-0.2, 0) is 0 Å². The van der Waals surface area contributed by atoms with Crippen molar-refractivity contribution in [1.82, 2.24) is 14.4 Å². The van der Waals surface area contributed by atoms with Crippen LogP contribution in [0.5, 0.6) is 0 Å². The van der Waals surface area contributed by atoms with E-state index in [0.717, 1.165) is 39.6 Å². The maximum Gasteiger partial charge on any atom is 0.234 e. The third-order valence-corrected chi connectivity index (χ3v) is 7.38. The van der Waals surface area contributed by atoms with Gasteiger partial charge >= 0.3 is 0 Å². The summed E-state index contributed by atoms with van der Waals surface area (Å²) in [6, 6.07) is 37.8. The second kappa shape index (κ2) is 8.15. The molecule has 0 radical (unpaired) electrons. The van der Waals surface area contributed by atoms with Crippen molar-refractivity contribution >= 4 is 34.6 Å². The van der Waals surface area contributed by atoms with E-state index >= 15 is 0 Å². The first-order valence-electron chi connectivity index (χ1n) is 11.5. The minimum absolute atomic E-state index is 0.680. The number of anilines is 3. The van der Waals surface area contributed by atoms with Crippen molar-refractivity contribution < 1.29 is 0 Å². The average Bonchev–Trinajstić information content (AvgIpc) is 3.31.